The van der Waals surface area contributed by atoms with Gasteiger partial charge in [0.1, 0.15) is 5.75 Å². The first-order chi connectivity index (χ1) is 16.5. The predicted molar refractivity (Wildman–Crippen MR) is 135 cm³/mol. The maximum atomic E-state index is 13.1. The summed E-state index contributed by atoms with van der Waals surface area (Å²) in [6, 6.07) is 9.57. The number of hydrogen-bond acceptors (Lipinski definition) is 6. The zero-order chi connectivity index (χ0) is 25.8. The number of methoxy groups -OCH3 is 1. The fourth-order valence-corrected chi connectivity index (χ4v) is 6.14. The van der Waals surface area contributed by atoms with Gasteiger partial charge < -0.3 is 9.64 Å². The largest absolute Gasteiger partial charge is 0.495 e. The number of halogens is 1. The van der Waals surface area contributed by atoms with Crippen LogP contribution in [-0.2, 0) is 24.8 Å². The van der Waals surface area contributed by atoms with E-state index in [1.165, 1.54) is 56.6 Å². The summed E-state index contributed by atoms with van der Waals surface area (Å²) >= 11 is 5.86. The first-order valence-electron chi connectivity index (χ1n) is 11.2. The van der Waals surface area contributed by atoms with Crippen LogP contribution in [0.1, 0.15) is 26.2 Å². The van der Waals surface area contributed by atoms with E-state index in [2.05, 4.69) is 11.6 Å². The first kappa shape index (κ1) is 27.3. The molecule has 35 heavy (non-hydrogen) atoms. The molecule has 3 rings (SSSR count). The summed E-state index contributed by atoms with van der Waals surface area (Å²) in [5, 5.41) is 0.386. The molecule has 1 saturated heterocycles. The molecular formula is C23H30ClN3O6S2. The SMILES string of the molecule is COc1ccc(S(=O)(=O)NCCC(=O)N2CCC(C)CC2)cc1N(C)S(=O)(=O)c1ccc(Cl)cc1. The van der Waals surface area contributed by atoms with E-state index >= 15 is 0 Å². The summed E-state index contributed by atoms with van der Waals surface area (Å²) in [6.45, 7) is 3.46. The van der Waals surface area contributed by atoms with E-state index in [9.17, 15) is 21.6 Å². The lowest BCUT2D eigenvalue weighted by molar-refractivity contribution is -0.132. The molecule has 0 aliphatic carbocycles. The lowest BCUT2D eigenvalue weighted by Crippen LogP contribution is -2.39. The maximum Gasteiger partial charge on any atom is 0.264 e. The zero-order valence-electron chi connectivity index (χ0n) is 19.9. The Hall–Kier alpha value is -2.34. The summed E-state index contributed by atoms with van der Waals surface area (Å²) in [4.78, 5) is 14.0. The smallest absolute Gasteiger partial charge is 0.264 e. The van der Waals surface area contributed by atoms with Crippen LogP contribution in [-0.4, -0.2) is 61.4 Å². The molecule has 1 aliphatic heterocycles. The van der Waals surface area contributed by atoms with Crippen LogP contribution in [0.2, 0.25) is 5.02 Å². The Labute approximate surface area is 212 Å². The third kappa shape index (κ3) is 6.46. The standard InChI is InChI=1S/C23H30ClN3O6S2/c1-17-11-14-27(15-12-17)23(28)10-13-25-34(29,30)20-8-9-22(33-3)21(16-20)26(2)35(31,32)19-6-4-18(24)5-7-19/h4-9,16-17,25H,10-15H2,1-3H3. The molecule has 2 aromatic carbocycles. The summed E-state index contributed by atoms with van der Waals surface area (Å²) in [7, 11) is -5.36. The monoisotopic (exact) mass is 543 g/mol. The molecule has 1 amide bonds. The maximum absolute atomic E-state index is 13.1. The molecule has 1 heterocycles. The van der Waals surface area contributed by atoms with Crippen LogP contribution < -0.4 is 13.8 Å². The molecule has 0 atom stereocenters. The van der Waals surface area contributed by atoms with Gasteiger partial charge in [0, 0.05) is 38.1 Å². The van der Waals surface area contributed by atoms with Crippen molar-refractivity contribution >= 4 is 43.2 Å². The van der Waals surface area contributed by atoms with Crippen LogP contribution >= 0.6 is 11.6 Å². The summed E-state index contributed by atoms with van der Waals surface area (Å²) < 4.78 is 60.7. The van der Waals surface area contributed by atoms with Crippen LogP contribution in [0, 0.1) is 5.92 Å². The number of amides is 1. The Morgan fingerprint density at radius 2 is 1.69 bits per heavy atom. The molecule has 9 nitrogen and oxygen atoms in total. The van der Waals surface area contributed by atoms with Crippen molar-refractivity contribution in [2.75, 3.05) is 38.1 Å². The molecule has 0 spiro atoms. The average Bonchev–Trinajstić information content (AvgIpc) is 2.83. The molecule has 1 fully saturated rings. The van der Waals surface area contributed by atoms with E-state index < -0.39 is 20.0 Å². The lowest BCUT2D eigenvalue weighted by atomic mass is 9.99. The predicted octanol–water partition coefficient (Wildman–Crippen LogP) is 3.10. The van der Waals surface area contributed by atoms with Gasteiger partial charge in [-0.15, -0.1) is 0 Å². The average molecular weight is 544 g/mol. The van der Waals surface area contributed by atoms with Crippen LogP contribution in [0.3, 0.4) is 0 Å². The number of carbonyl (C=O) groups is 1. The number of likely N-dealkylation sites (tertiary alicyclic amines) is 1. The number of anilines is 1. The Kier molecular flexibility index (Phi) is 8.68. The molecule has 0 saturated carbocycles. The summed E-state index contributed by atoms with van der Waals surface area (Å²) in [6.07, 6.45) is 1.93. The van der Waals surface area contributed by atoms with E-state index in [0.29, 0.717) is 24.0 Å². The van der Waals surface area contributed by atoms with Gasteiger partial charge in [-0.25, -0.2) is 21.6 Å². The molecule has 0 bridgehead atoms. The van der Waals surface area contributed by atoms with E-state index in [-0.39, 0.29) is 40.1 Å². The number of ether oxygens (including phenoxy) is 1. The Bertz CT molecular complexity index is 1260. The number of nitrogens with zero attached hydrogens (tertiary/aromatic N) is 2. The summed E-state index contributed by atoms with van der Waals surface area (Å²) in [5.41, 5.74) is 0.0452. The van der Waals surface area contributed by atoms with Gasteiger partial charge in [-0.05, 0) is 61.2 Å². The Morgan fingerprint density at radius 1 is 1.09 bits per heavy atom. The fraction of sp³-hybridized carbons (Fsp3) is 0.435. The molecule has 192 valence electrons. The van der Waals surface area contributed by atoms with Crippen LogP contribution in [0.4, 0.5) is 5.69 Å². The van der Waals surface area contributed by atoms with Crippen molar-refractivity contribution in [1.82, 2.24) is 9.62 Å². The van der Waals surface area contributed by atoms with Crippen LogP contribution in [0.5, 0.6) is 5.75 Å². The van der Waals surface area contributed by atoms with Gasteiger partial charge in [-0.2, -0.15) is 0 Å². The van der Waals surface area contributed by atoms with Gasteiger partial charge >= 0.3 is 0 Å². The molecule has 0 radical (unpaired) electrons. The molecule has 1 N–H and O–H groups in total. The van der Waals surface area contributed by atoms with Gasteiger partial charge in [0.25, 0.3) is 10.0 Å². The van der Waals surface area contributed by atoms with Gasteiger partial charge in [-0.3, -0.25) is 9.10 Å². The number of carbonyl (C=O) groups excluding carboxylic acids is 1. The highest BCUT2D eigenvalue weighted by atomic mass is 35.5. The first-order valence-corrected chi connectivity index (χ1v) is 14.5. The van der Waals surface area contributed by atoms with Crippen molar-refractivity contribution < 1.29 is 26.4 Å². The van der Waals surface area contributed by atoms with Gasteiger partial charge in [0.2, 0.25) is 15.9 Å². The van der Waals surface area contributed by atoms with Crippen molar-refractivity contribution in [1.29, 1.82) is 0 Å². The van der Waals surface area contributed by atoms with E-state index in [1.54, 1.807) is 4.90 Å². The minimum absolute atomic E-state index is 0.0107. The molecule has 0 unspecified atom stereocenters. The highest BCUT2D eigenvalue weighted by Gasteiger charge is 2.26. The molecular weight excluding hydrogens is 514 g/mol. The van der Waals surface area contributed by atoms with E-state index in [0.717, 1.165) is 17.1 Å². The minimum Gasteiger partial charge on any atom is -0.495 e. The second-order valence-electron chi connectivity index (χ2n) is 8.47. The molecule has 1 aliphatic rings. The number of nitrogens with one attached hydrogen (secondary N) is 1. The Balaban J connectivity index is 1.76. The second kappa shape index (κ2) is 11.2. The fourth-order valence-electron chi connectivity index (χ4n) is 3.77. The van der Waals surface area contributed by atoms with Crippen LogP contribution in [0.15, 0.2) is 52.3 Å². The van der Waals surface area contributed by atoms with E-state index in [1.807, 2.05) is 0 Å². The van der Waals surface area contributed by atoms with Crippen LogP contribution in [0.25, 0.3) is 0 Å². The van der Waals surface area contributed by atoms with Crippen molar-refractivity contribution in [2.45, 2.75) is 36.0 Å². The highest BCUT2D eigenvalue weighted by molar-refractivity contribution is 7.92. The summed E-state index contributed by atoms with van der Waals surface area (Å²) in [5.74, 6) is 0.672. The third-order valence-corrected chi connectivity index (χ3v) is 9.54. The Morgan fingerprint density at radius 3 is 2.29 bits per heavy atom. The topological polar surface area (TPSA) is 113 Å². The van der Waals surface area contributed by atoms with Crippen molar-refractivity contribution in [2.24, 2.45) is 5.92 Å². The van der Waals surface area contributed by atoms with E-state index in [4.69, 9.17) is 16.3 Å². The van der Waals surface area contributed by atoms with Crippen molar-refractivity contribution in [3.8, 4) is 5.75 Å². The number of sulfonamides is 2. The number of piperidine rings is 1. The second-order valence-corrected chi connectivity index (χ2v) is 12.6. The quantitative estimate of drug-likeness (QED) is 0.520. The zero-order valence-corrected chi connectivity index (χ0v) is 22.3. The number of rotatable bonds is 9. The van der Waals surface area contributed by atoms with Crippen molar-refractivity contribution in [3.63, 3.8) is 0 Å². The molecule has 12 heteroatoms. The molecule has 0 aromatic heterocycles. The minimum atomic E-state index is -4.02. The number of hydrogen-bond donors (Lipinski definition) is 1. The highest BCUT2D eigenvalue weighted by Crippen LogP contribution is 2.33. The van der Waals surface area contributed by atoms with Gasteiger partial charge in [0.15, 0.2) is 0 Å². The lowest BCUT2D eigenvalue weighted by Gasteiger charge is -2.30. The van der Waals surface area contributed by atoms with Gasteiger partial charge in [-0.1, -0.05) is 18.5 Å². The molecule has 2 aromatic rings. The third-order valence-electron chi connectivity index (χ3n) is 6.04. The van der Waals surface area contributed by atoms with Crippen molar-refractivity contribution in [3.05, 3.63) is 47.5 Å². The van der Waals surface area contributed by atoms with Gasteiger partial charge in [0.05, 0.1) is 22.6 Å². The number of benzene rings is 2. The normalized spacial score (nSPS) is 15.1.